The van der Waals surface area contributed by atoms with Crippen LogP contribution in [0.25, 0.3) is 0 Å². The van der Waals surface area contributed by atoms with Crippen molar-refractivity contribution in [3.8, 4) is 5.75 Å². The molecule has 0 saturated carbocycles. The van der Waals surface area contributed by atoms with Crippen molar-refractivity contribution < 1.29 is 14.8 Å². The quantitative estimate of drug-likeness (QED) is 0.678. The first-order valence-corrected chi connectivity index (χ1v) is 6.23. The number of aliphatic hydroxyl groups excluding tert-OH is 1. The van der Waals surface area contributed by atoms with E-state index in [9.17, 15) is 10.1 Å². The van der Waals surface area contributed by atoms with Crippen molar-refractivity contribution >= 4 is 17.3 Å². The van der Waals surface area contributed by atoms with Gasteiger partial charge in [0, 0.05) is 17.2 Å². The van der Waals surface area contributed by atoms with Gasteiger partial charge in [-0.2, -0.15) is 0 Å². The van der Waals surface area contributed by atoms with Crippen molar-refractivity contribution in [2.45, 2.75) is 13.2 Å². The molecule has 1 N–H and O–H groups in total. The summed E-state index contributed by atoms with van der Waals surface area (Å²) >= 11 is 5.81. The highest BCUT2D eigenvalue weighted by Gasteiger charge is 2.15. The SMILES string of the molecule is O=[N+]([O-])c1ccc(Cl)cc1OCc1ccc(CO)cc1. The average molecular weight is 294 g/mol. The van der Waals surface area contributed by atoms with Gasteiger partial charge in [0.1, 0.15) is 6.61 Å². The summed E-state index contributed by atoms with van der Waals surface area (Å²) in [6.45, 7) is 0.161. The molecule has 0 amide bonds. The fraction of sp³-hybridized carbons (Fsp3) is 0.143. The fourth-order valence-electron chi connectivity index (χ4n) is 1.66. The van der Waals surface area contributed by atoms with Gasteiger partial charge in [0.2, 0.25) is 0 Å². The van der Waals surface area contributed by atoms with E-state index in [0.717, 1.165) is 11.1 Å². The minimum absolute atomic E-state index is 0.0269. The summed E-state index contributed by atoms with van der Waals surface area (Å²) in [4.78, 5) is 10.4. The van der Waals surface area contributed by atoms with Crippen molar-refractivity contribution in [1.29, 1.82) is 0 Å². The molecule has 0 atom stereocenters. The van der Waals surface area contributed by atoms with Gasteiger partial charge in [-0.3, -0.25) is 10.1 Å². The molecular formula is C14H12ClNO4. The van der Waals surface area contributed by atoms with Crippen molar-refractivity contribution in [3.63, 3.8) is 0 Å². The highest BCUT2D eigenvalue weighted by molar-refractivity contribution is 6.30. The molecule has 2 rings (SSSR count). The summed E-state index contributed by atoms with van der Waals surface area (Å²) in [6, 6.07) is 11.3. The van der Waals surface area contributed by atoms with E-state index < -0.39 is 4.92 Å². The third-order valence-corrected chi connectivity index (χ3v) is 2.95. The molecule has 0 aliphatic carbocycles. The average Bonchev–Trinajstić information content (AvgIpc) is 2.45. The molecule has 0 fully saturated rings. The number of aliphatic hydroxyl groups is 1. The van der Waals surface area contributed by atoms with Crippen LogP contribution in [-0.2, 0) is 13.2 Å². The van der Waals surface area contributed by atoms with Gasteiger partial charge in [-0.15, -0.1) is 0 Å². The molecule has 2 aromatic rings. The molecule has 0 bridgehead atoms. The minimum Gasteiger partial charge on any atom is -0.482 e. The maximum Gasteiger partial charge on any atom is 0.311 e. The van der Waals surface area contributed by atoms with Crippen molar-refractivity contribution in [1.82, 2.24) is 0 Å². The summed E-state index contributed by atoms with van der Waals surface area (Å²) in [5.74, 6) is 0.133. The molecule has 0 aliphatic rings. The monoisotopic (exact) mass is 293 g/mol. The maximum atomic E-state index is 10.9. The largest absolute Gasteiger partial charge is 0.482 e. The Morgan fingerprint density at radius 3 is 2.40 bits per heavy atom. The second-order valence-electron chi connectivity index (χ2n) is 4.13. The van der Waals surface area contributed by atoms with Crippen LogP contribution in [-0.4, -0.2) is 10.0 Å². The van der Waals surface area contributed by atoms with Crippen LogP contribution >= 0.6 is 11.6 Å². The number of hydrogen-bond donors (Lipinski definition) is 1. The predicted octanol–water partition coefficient (Wildman–Crippen LogP) is 3.32. The summed E-state index contributed by atoms with van der Waals surface area (Å²) in [5, 5.41) is 20.2. The molecule has 0 aromatic heterocycles. The van der Waals surface area contributed by atoms with E-state index >= 15 is 0 Å². The molecular weight excluding hydrogens is 282 g/mol. The smallest absolute Gasteiger partial charge is 0.311 e. The zero-order chi connectivity index (χ0) is 14.5. The van der Waals surface area contributed by atoms with Gasteiger partial charge >= 0.3 is 5.69 Å². The number of nitrogens with zero attached hydrogens (tertiary/aromatic N) is 1. The predicted molar refractivity (Wildman–Crippen MR) is 74.8 cm³/mol. The van der Waals surface area contributed by atoms with Crippen molar-refractivity contribution in [3.05, 3.63) is 68.7 Å². The van der Waals surface area contributed by atoms with E-state index in [1.54, 1.807) is 24.3 Å². The third kappa shape index (κ3) is 3.46. The van der Waals surface area contributed by atoms with Gasteiger partial charge in [0.25, 0.3) is 0 Å². The van der Waals surface area contributed by atoms with Gasteiger partial charge in [0.05, 0.1) is 11.5 Å². The van der Waals surface area contributed by atoms with Crippen LogP contribution in [0.3, 0.4) is 0 Å². The molecule has 6 heteroatoms. The molecule has 104 valence electrons. The normalized spacial score (nSPS) is 10.3. The zero-order valence-electron chi connectivity index (χ0n) is 10.5. The van der Waals surface area contributed by atoms with Gasteiger partial charge in [-0.05, 0) is 17.2 Å². The van der Waals surface area contributed by atoms with E-state index in [2.05, 4.69) is 0 Å². The highest BCUT2D eigenvalue weighted by Crippen LogP contribution is 2.30. The maximum absolute atomic E-state index is 10.9. The zero-order valence-corrected chi connectivity index (χ0v) is 11.2. The standard InChI is InChI=1S/C14H12ClNO4/c15-12-5-6-13(16(18)19)14(7-12)20-9-11-3-1-10(8-17)2-4-11/h1-7,17H,8-9H2. The van der Waals surface area contributed by atoms with Crippen molar-refractivity contribution in [2.24, 2.45) is 0 Å². The summed E-state index contributed by atoms with van der Waals surface area (Å²) < 4.78 is 5.45. The molecule has 5 nitrogen and oxygen atoms in total. The van der Waals surface area contributed by atoms with E-state index in [1.165, 1.54) is 18.2 Å². The lowest BCUT2D eigenvalue weighted by Crippen LogP contribution is -1.99. The Kier molecular flexibility index (Phi) is 4.55. The molecule has 0 unspecified atom stereocenters. The van der Waals surface area contributed by atoms with Crippen LogP contribution in [0, 0.1) is 10.1 Å². The summed E-state index contributed by atoms with van der Waals surface area (Å²) in [7, 11) is 0. The number of ether oxygens (including phenoxy) is 1. The number of halogens is 1. The molecule has 0 saturated heterocycles. The van der Waals surface area contributed by atoms with Gasteiger partial charge in [-0.1, -0.05) is 35.9 Å². The minimum atomic E-state index is -0.513. The number of hydrogen-bond acceptors (Lipinski definition) is 4. The number of nitro benzene ring substituents is 1. The van der Waals surface area contributed by atoms with Gasteiger partial charge < -0.3 is 9.84 Å². The lowest BCUT2D eigenvalue weighted by atomic mass is 10.1. The Bertz CT molecular complexity index is 613. The van der Waals surface area contributed by atoms with E-state index in [4.69, 9.17) is 21.4 Å². The lowest BCUT2D eigenvalue weighted by molar-refractivity contribution is -0.385. The van der Waals surface area contributed by atoms with Gasteiger partial charge in [-0.25, -0.2) is 0 Å². The van der Waals surface area contributed by atoms with Crippen LogP contribution in [0.4, 0.5) is 5.69 Å². The second kappa shape index (κ2) is 6.36. The molecule has 0 radical (unpaired) electrons. The molecule has 0 heterocycles. The van der Waals surface area contributed by atoms with Crippen LogP contribution < -0.4 is 4.74 Å². The first kappa shape index (κ1) is 14.3. The number of nitro groups is 1. The third-order valence-electron chi connectivity index (χ3n) is 2.72. The van der Waals surface area contributed by atoms with Crippen molar-refractivity contribution in [2.75, 3.05) is 0 Å². The van der Waals surface area contributed by atoms with E-state index in [1.807, 2.05) is 0 Å². The van der Waals surface area contributed by atoms with E-state index in [-0.39, 0.29) is 24.7 Å². The van der Waals surface area contributed by atoms with Crippen LogP contribution in [0.15, 0.2) is 42.5 Å². The van der Waals surface area contributed by atoms with Crippen LogP contribution in [0.1, 0.15) is 11.1 Å². The second-order valence-corrected chi connectivity index (χ2v) is 4.57. The summed E-state index contributed by atoms with van der Waals surface area (Å²) in [6.07, 6.45) is 0. The first-order valence-electron chi connectivity index (χ1n) is 5.85. The molecule has 2 aromatic carbocycles. The Morgan fingerprint density at radius 2 is 1.80 bits per heavy atom. The number of benzene rings is 2. The lowest BCUT2D eigenvalue weighted by Gasteiger charge is -2.07. The van der Waals surface area contributed by atoms with E-state index in [0.29, 0.717) is 5.02 Å². The Hall–Kier alpha value is -2.11. The Balaban J connectivity index is 2.13. The Morgan fingerprint density at radius 1 is 1.15 bits per heavy atom. The molecule has 0 aliphatic heterocycles. The molecule has 0 spiro atoms. The molecule has 20 heavy (non-hydrogen) atoms. The first-order chi connectivity index (χ1) is 9.60. The van der Waals surface area contributed by atoms with Crippen LogP contribution in [0.5, 0.6) is 5.75 Å². The van der Waals surface area contributed by atoms with Crippen LogP contribution in [0.2, 0.25) is 5.02 Å². The Labute approximate surface area is 120 Å². The summed E-state index contributed by atoms with van der Waals surface area (Å²) in [5.41, 5.74) is 1.51. The highest BCUT2D eigenvalue weighted by atomic mass is 35.5. The van der Waals surface area contributed by atoms with Gasteiger partial charge in [0.15, 0.2) is 5.75 Å². The topological polar surface area (TPSA) is 72.6 Å². The number of rotatable bonds is 5. The fourth-order valence-corrected chi connectivity index (χ4v) is 1.82.